The molecule has 2 saturated heterocycles. The van der Waals surface area contributed by atoms with E-state index in [0.29, 0.717) is 48.8 Å². The molecule has 0 radical (unpaired) electrons. The molecule has 1 atom stereocenters. The Morgan fingerprint density at radius 2 is 1.86 bits per heavy atom. The van der Waals surface area contributed by atoms with E-state index >= 15 is 0 Å². The third-order valence-corrected chi connectivity index (χ3v) is 8.68. The van der Waals surface area contributed by atoms with Crippen molar-refractivity contribution in [2.24, 2.45) is 0 Å². The van der Waals surface area contributed by atoms with Crippen molar-refractivity contribution in [3.05, 3.63) is 53.6 Å². The first-order valence-corrected chi connectivity index (χ1v) is 14.3. The smallest absolute Gasteiger partial charge is 0.253 e. The normalized spacial score (nSPS) is 18.4. The number of carbonyl (C=O) groups excluding carboxylic acids is 2. The van der Waals surface area contributed by atoms with Crippen molar-refractivity contribution in [2.75, 3.05) is 38.7 Å². The van der Waals surface area contributed by atoms with Crippen molar-refractivity contribution < 1.29 is 27.5 Å². The number of anilines is 1. The number of sulfonamides is 1. The summed E-state index contributed by atoms with van der Waals surface area (Å²) in [5.41, 5.74) is 1.44. The van der Waals surface area contributed by atoms with Gasteiger partial charge in [-0.25, -0.2) is 8.42 Å². The van der Waals surface area contributed by atoms with Gasteiger partial charge in [-0.15, -0.1) is 0 Å². The Labute approximate surface area is 218 Å². The summed E-state index contributed by atoms with van der Waals surface area (Å²) in [7, 11) is -2.08. The topological polar surface area (TPSA) is 114 Å². The second-order valence-electron chi connectivity index (χ2n) is 9.38. The van der Waals surface area contributed by atoms with Gasteiger partial charge in [-0.1, -0.05) is 18.6 Å². The number of nitrogens with zero attached hydrogens (tertiary/aromatic N) is 1. The maximum atomic E-state index is 13.1. The molecule has 2 heterocycles. The first-order valence-electron chi connectivity index (χ1n) is 12.8. The highest BCUT2D eigenvalue weighted by Gasteiger charge is 2.27. The molecule has 0 saturated carbocycles. The Balaban J connectivity index is 1.40. The third kappa shape index (κ3) is 6.88. The van der Waals surface area contributed by atoms with E-state index in [4.69, 9.17) is 9.47 Å². The number of aryl methyl sites for hydroxylation is 1. The van der Waals surface area contributed by atoms with Crippen LogP contribution in [-0.2, 0) is 26.0 Å². The van der Waals surface area contributed by atoms with Crippen LogP contribution in [0.15, 0.2) is 47.4 Å². The summed E-state index contributed by atoms with van der Waals surface area (Å²) >= 11 is 0. The Morgan fingerprint density at radius 3 is 2.59 bits per heavy atom. The Morgan fingerprint density at radius 1 is 1.08 bits per heavy atom. The van der Waals surface area contributed by atoms with Gasteiger partial charge in [0.1, 0.15) is 5.75 Å². The predicted octanol–water partition coefficient (Wildman–Crippen LogP) is 3.35. The summed E-state index contributed by atoms with van der Waals surface area (Å²) in [4.78, 5) is 25.8. The highest BCUT2D eigenvalue weighted by molar-refractivity contribution is 7.89. The number of nitrogens with one attached hydrogen (secondary N) is 2. The Hall–Kier alpha value is -2.95. The molecule has 9 nitrogen and oxygen atoms in total. The van der Waals surface area contributed by atoms with Gasteiger partial charge < -0.3 is 20.1 Å². The maximum absolute atomic E-state index is 13.1. The molecule has 37 heavy (non-hydrogen) atoms. The lowest BCUT2D eigenvalue weighted by atomic mass is 10.1. The molecular weight excluding hydrogens is 494 g/mol. The molecule has 2 N–H and O–H groups in total. The number of hydrogen-bond donors (Lipinski definition) is 2. The number of amides is 2. The largest absolute Gasteiger partial charge is 0.496 e. The first kappa shape index (κ1) is 27.1. The van der Waals surface area contributed by atoms with Crippen LogP contribution in [0.5, 0.6) is 5.75 Å². The quantitative estimate of drug-likeness (QED) is 0.488. The zero-order valence-corrected chi connectivity index (χ0v) is 22.0. The second kappa shape index (κ2) is 12.5. The van der Waals surface area contributed by atoms with Crippen molar-refractivity contribution in [2.45, 2.75) is 55.9 Å². The number of hydrogen-bond acceptors (Lipinski definition) is 6. The molecular formula is C27H35N3O6S. The molecule has 0 bridgehead atoms. The van der Waals surface area contributed by atoms with Gasteiger partial charge in [0.05, 0.1) is 29.4 Å². The molecule has 0 aromatic heterocycles. The van der Waals surface area contributed by atoms with Gasteiger partial charge in [0.2, 0.25) is 15.9 Å². The minimum atomic E-state index is -3.60. The number of methoxy groups -OCH3 is 1. The lowest BCUT2D eigenvalue weighted by Crippen LogP contribution is -2.35. The molecule has 0 unspecified atom stereocenters. The van der Waals surface area contributed by atoms with Crippen molar-refractivity contribution in [3.63, 3.8) is 0 Å². The van der Waals surface area contributed by atoms with Gasteiger partial charge in [-0.2, -0.15) is 4.31 Å². The summed E-state index contributed by atoms with van der Waals surface area (Å²) in [6, 6.07) is 11.6. The molecule has 2 aliphatic rings. The van der Waals surface area contributed by atoms with Gasteiger partial charge in [-0.3, -0.25) is 9.59 Å². The summed E-state index contributed by atoms with van der Waals surface area (Å²) in [5.74, 6) is -0.0336. The van der Waals surface area contributed by atoms with Gasteiger partial charge in [0.25, 0.3) is 5.91 Å². The fourth-order valence-corrected chi connectivity index (χ4v) is 6.29. The van der Waals surface area contributed by atoms with Gasteiger partial charge in [0.15, 0.2) is 0 Å². The van der Waals surface area contributed by atoms with Crippen LogP contribution in [0.4, 0.5) is 5.69 Å². The van der Waals surface area contributed by atoms with Crippen molar-refractivity contribution >= 4 is 27.5 Å². The molecule has 2 fully saturated rings. The summed E-state index contributed by atoms with van der Waals surface area (Å²) in [6.45, 7) is 2.18. The summed E-state index contributed by atoms with van der Waals surface area (Å²) in [5, 5.41) is 5.71. The highest BCUT2D eigenvalue weighted by atomic mass is 32.2. The standard InChI is InChI=1S/C27H35N3O6S/c1-35-25-13-12-22(37(33,34)30-15-5-2-6-16-30)18-20(25)11-14-26(31)29-24-10-4-3-9-23(24)27(32)28-19-21-8-7-17-36-21/h3-4,9-10,12-13,18,21H,2,5-8,11,14-17,19H2,1H3,(H,28,32)(H,29,31)/t21-/m0/s1. The van der Waals surface area contributed by atoms with Crippen LogP contribution in [0.1, 0.15) is 54.4 Å². The van der Waals surface area contributed by atoms with Crippen molar-refractivity contribution in [1.29, 1.82) is 0 Å². The van der Waals surface area contributed by atoms with E-state index in [-0.39, 0.29) is 35.7 Å². The van der Waals surface area contributed by atoms with Crippen LogP contribution in [0, 0.1) is 0 Å². The number of rotatable bonds is 10. The number of ether oxygens (including phenoxy) is 2. The third-order valence-electron chi connectivity index (χ3n) is 6.79. The van der Waals surface area contributed by atoms with E-state index in [1.807, 2.05) is 0 Å². The van der Waals surface area contributed by atoms with Crippen molar-refractivity contribution in [3.8, 4) is 5.75 Å². The van der Waals surface area contributed by atoms with Gasteiger partial charge >= 0.3 is 0 Å². The van der Waals surface area contributed by atoms with Crippen molar-refractivity contribution in [1.82, 2.24) is 9.62 Å². The first-order chi connectivity index (χ1) is 17.9. The molecule has 2 amide bonds. The summed E-state index contributed by atoms with van der Waals surface area (Å²) < 4.78 is 38.7. The zero-order chi connectivity index (χ0) is 26.3. The minimum Gasteiger partial charge on any atom is -0.496 e. The Kier molecular flexibility index (Phi) is 9.18. The van der Waals surface area contributed by atoms with Crippen LogP contribution in [0.2, 0.25) is 0 Å². The fourth-order valence-electron chi connectivity index (χ4n) is 4.72. The number of piperidine rings is 1. The van der Waals surface area contributed by atoms with E-state index in [1.165, 1.54) is 11.4 Å². The highest BCUT2D eigenvalue weighted by Crippen LogP contribution is 2.27. The van der Waals surface area contributed by atoms with Crippen LogP contribution in [0.3, 0.4) is 0 Å². The van der Waals surface area contributed by atoms with E-state index in [0.717, 1.165) is 32.1 Å². The maximum Gasteiger partial charge on any atom is 0.253 e. The predicted molar refractivity (Wildman–Crippen MR) is 140 cm³/mol. The summed E-state index contributed by atoms with van der Waals surface area (Å²) in [6.07, 6.45) is 5.06. The molecule has 2 aromatic rings. The number of carbonyl (C=O) groups is 2. The SMILES string of the molecule is COc1ccc(S(=O)(=O)N2CCCCC2)cc1CCC(=O)Nc1ccccc1C(=O)NC[C@@H]1CCCO1. The van der Waals surface area contributed by atoms with E-state index in [2.05, 4.69) is 10.6 Å². The van der Waals surface area contributed by atoms with Gasteiger partial charge in [0, 0.05) is 32.7 Å². The van der Waals surface area contributed by atoms with E-state index < -0.39 is 10.0 Å². The van der Waals surface area contributed by atoms with Crippen LogP contribution < -0.4 is 15.4 Å². The monoisotopic (exact) mass is 529 g/mol. The molecule has 0 aliphatic carbocycles. The lowest BCUT2D eigenvalue weighted by Gasteiger charge is -2.26. The Bertz CT molecular complexity index is 1200. The molecule has 10 heteroatoms. The molecule has 4 rings (SSSR count). The molecule has 0 spiro atoms. The van der Waals surface area contributed by atoms with Crippen LogP contribution in [-0.4, -0.2) is 64.0 Å². The molecule has 200 valence electrons. The molecule has 2 aromatic carbocycles. The lowest BCUT2D eigenvalue weighted by molar-refractivity contribution is -0.116. The molecule has 2 aliphatic heterocycles. The second-order valence-corrected chi connectivity index (χ2v) is 11.3. The minimum absolute atomic E-state index is 0.0233. The fraction of sp³-hybridized carbons (Fsp3) is 0.481. The zero-order valence-electron chi connectivity index (χ0n) is 21.2. The van der Waals surface area contributed by atoms with E-state index in [1.54, 1.807) is 42.5 Å². The van der Waals surface area contributed by atoms with Crippen LogP contribution in [0.25, 0.3) is 0 Å². The number of benzene rings is 2. The van der Waals surface area contributed by atoms with Gasteiger partial charge in [-0.05, 0) is 68.0 Å². The van der Waals surface area contributed by atoms with Crippen LogP contribution >= 0.6 is 0 Å². The average molecular weight is 530 g/mol. The average Bonchev–Trinajstić information content (AvgIpc) is 3.45. The van der Waals surface area contributed by atoms with E-state index in [9.17, 15) is 18.0 Å². The number of para-hydroxylation sites is 1.